The summed E-state index contributed by atoms with van der Waals surface area (Å²) in [5.74, 6) is 0.531. The molecule has 3 aromatic carbocycles. The largest absolute Gasteiger partial charge is 0.434 e. The van der Waals surface area contributed by atoms with E-state index in [1.807, 2.05) is 12.1 Å². The lowest BCUT2D eigenvalue weighted by atomic mass is 9.82. The van der Waals surface area contributed by atoms with E-state index in [2.05, 4.69) is 70.5 Å². The number of hydrogen-bond donors (Lipinski definition) is 0. The minimum atomic E-state index is -2.81. The molecule has 2 aliphatic rings. The first-order valence-corrected chi connectivity index (χ1v) is 11.8. The number of nitrogens with zero attached hydrogens (tertiary/aromatic N) is 2. The highest BCUT2D eigenvalue weighted by Gasteiger charge is 2.41. The molecule has 33 heavy (non-hydrogen) atoms. The first-order valence-electron chi connectivity index (χ1n) is 11.8. The molecule has 2 heterocycles. The molecule has 1 unspecified atom stereocenters. The molecule has 0 spiro atoms. The Balaban J connectivity index is 1.46. The van der Waals surface area contributed by atoms with Crippen molar-refractivity contribution < 1.29 is 13.5 Å². The fraction of sp³-hybridized carbons (Fsp3) is 0.357. The van der Waals surface area contributed by atoms with Gasteiger partial charge in [-0.15, -0.1) is 0 Å². The highest BCUT2D eigenvalue weighted by Crippen LogP contribution is 2.38. The van der Waals surface area contributed by atoms with Gasteiger partial charge >= 0.3 is 6.61 Å². The topological polar surface area (TPSA) is 15.7 Å². The summed E-state index contributed by atoms with van der Waals surface area (Å²) in [5, 5.41) is 0. The van der Waals surface area contributed by atoms with Crippen LogP contribution in [0.4, 0.5) is 8.78 Å². The zero-order valence-corrected chi connectivity index (χ0v) is 18.7. The second-order valence-electron chi connectivity index (χ2n) is 9.08. The molecule has 0 aromatic heterocycles. The van der Waals surface area contributed by atoms with Crippen molar-refractivity contribution in [3.05, 3.63) is 102 Å². The Bertz CT molecular complexity index is 991. The number of ether oxygens (including phenoxy) is 1. The zero-order valence-electron chi connectivity index (χ0n) is 18.7. The van der Waals surface area contributed by atoms with Gasteiger partial charge in [-0.3, -0.25) is 9.80 Å². The number of halogens is 2. The molecule has 2 fully saturated rings. The van der Waals surface area contributed by atoms with Crippen LogP contribution in [0.2, 0.25) is 0 Å². The first-order chi connectivity index (χ1) is 16.2. The normalized spacial score (nSPS) is 21.5. The molecule has 3 aromatic rings. The Morgan fingerprint density at radius 2 is 1.45 bits per heavy atom. The second-order valence-corrected chi connectivity index (χ2v) is 9.08. The van der Waals surface area contributed by atoms with E-state index in [4.69, 9.17) is 4.74 Å². The second kappa shape index (κ2) is 10.0. The van der Waals surface area contributed by atoms with Crippen LogP contribution >= 0.6 is 0 Å². The number of piperazine rings is 1. The maximum atomic E-state index is 13.0. The molecule has 0 aliphatic carbocycles. The van der Waals surface area contributed by atoms with Crippen LogP contribution in [0.1, 0.15) is 35.4 Å². The summed E-state index contributed by atoms with van der Waals surface area (Å²) in [6.07, 6.45) is 2.38. The molecule has 0 amide bonds. The van der Waals surface area contributed by atoms with Gasteiger partial charge in [0, 0.05) is 43.2 Å². The van der Waals surface area contributed by atoms with E-state index in [9.17, 15) is 8.78 Å². The van der Waals surface area contributed by atoms with Crippen LogP contribution in [0.3, 0.4) is 0 Å². The van der Waals surface area contributed by atoms with Crippen LogP contribution in [0, 0.1) is 0 Å². The molecular weight excluding hydrogens is 418 g/mol. The van der Waals surface area contributed by atoms with Crippen LogP contribution in [0.25, 0.3) is 0 Å². The maximum absolute atomic E-state index is 13.0. The van der Waals surface area contributed by atoms with Gasteiger partial charge in [0.15, 0.2) is 0 Å². The first kappa shape index (κ1) is 22.1. The van der Waals surface area contributed by atoms with Crippen LogP contribution in [0.5, 0.6) is 5.75 Å². The molecule has 3 nitrogen and oxygen atoms in total. The smallest absolute Gasteiger partial charge is 0.387 e. The van der Waals surface area contributed by atoms with Gasteiger partial charge in [-0.05, 0) is 36.6 Å². The van der Waals surface area contributed by atoms with Crippen molar-refractivity contribution in [3.63, 3.8) is 0 Å². The molecular formula is C28H30F2N2O. The molecule has 0 radical (unpaired) electrons. The van der Waals surface area contributed by atoms with Crippen molar-refractivity contribution in [1.82, 2.24) is 9.80 Å². The number of benzene rings is 3. The van der Waals surface area contributed by atoms with Crippen molar-refractivity contribution >= 4 is 0 Å². The highest BCUT2D eigenvalue weighted by atomic mass is 19.3. The third-order valence-electron chi connectivity index (χ3n) is 7.05. The fourth-order valence-corrected chi connectivity index (χ4v) is 5.70. The minimum absolute atomic E-state index is 0.253. The van der Waals surface area contributed by atoms with Crippen LogP contribution in [0.15, 0.2) is 84.9 Å². The third kappa shape index (κ3) is 4.94. The summed E-state index contributed by atoms with van der Waals surface area (Å²) in [6, 6.07) is 29.5. The monoisotopic (exact) mass is 448 g/mol. The summed E-state index contributed by atoms with van der Waals surface area (Å²) in [5.41, 5.74) is 3.46. The van der Waals surface area contributed by atoms with Crippen molar-refractivity contribution in [3.8, 4) is 5.75 Å². The Morgan fingerprint density at radius 1 is 0.818 bits per heavy atom. The molecule has 0 N–H and O–H groups in total. The molecule has 5 heteroatoms. The Kier molecular flexibility index (Phi) is 6.70. The summed E-state index contributed by atoms with van der Waals surface area (Å²) < 4.78 is 30.7. The Morgan fingerprint density at radius 3 is 2.12 bits per heavy atom. The lowest BCUT2D eigenvalue weighted by molar-refractivity contribution is -0.0511. The molecule has 2 atom stereocenters. The van der Waals surface area contributed by atoms with Crippen molar-refractivity contribution in [2.24, 2.45) is 0 Å². The van der Waals surface area contributed by atoms with Crippen molar-refractivity contribution in [2.75, 3.05) is 19.6 Å². The average molecular weight is 449 g/mol. The molecule has 5 rings (SSSR count). The SMILES string of the molecule is FC(F)Oc1ccccc1CN1CC(C(c2ccccc2)c2ccccc2)N2CCC[C@H]2C1. The maximum Gasteiger partial charge on any atom is 0.387 e. The third-order valence-corrected chi connectivity index (χ3v) is 7.05. The fourth-order valence-electron chi connectivity index (χ4n) is 5.70. The van der Waals surface area contributed by atoms with Crippen molar-refractivity contribution in [2.45, 2.75) is 44.0 Å². The standard InChI is InChI=1S/C28H30F2N2O/c29-28(30)33-26-16-8-7-14-23(26)18-31-19-24-15-9-17-32(24)25(20-31)27(21-10-3-1-4-11-21)22-12-5-2-6-13-22/h1-8,10-14,16,24-25,27-28H,9,15,17-20H2/t24-,25?/m0/s1. The summed E-state index contributed by atoms with van der Waals surface area (Å²) in [4.78, 5) is 5.13. The molecule has 0 saturated carbocycles. The number of para-hydroxylation sites is 1. The van der Waals surface area contributed by atoms with Gasteiger partial charge in [0.1, 0.15) is 5.75 Å². The number of alkyl halides is 2. The predicted octanol–water partition coefficient (Wildman–Crippen LogP) is 5.77. The molecule has 172 valence electrons. The highest BCUT2D eigenvalue weighted by molar-refractivity contribution is 5.36. The van der Waals surface area contributed by atoms with E-state index in [-0.39, 0.29) is 11.7 Å². The lowest BCUT2D eigenvalue weighted by Crippen LogP contribution is -2.57. The molecule has 2 aliphatic heterocycles. The minimum Gasteiger partial charge on any atom is -0.434 e. The van der Waals surface area contributed by atoms with E-state index >= 15 is 0 Å². The van der Waals surface area contributed by atoms with E-state index in [1.165, 1.54) is 24.0 Å². The van der Waals surface area contributed by atoms with Crippen LogP contribution in [-0.2, 0) is 6.54 Å². The van der Waals surface area contributed by atoms with Gasteiger partial charge in [-0.1, -0.05) is 78.9 Å². The Hall–Kier alpha value is -2.76. The van der Waals surface area contributed by atoms with Gasteiger partial charge in [-0.25, -0.2) is 0 Å². The van der Waals surface area contributed by atoms with E-state index in [0.717, 1.165) is 25.2 Å². The summed E-state index contributed by atoms with van der Waals surface area (Å²) in [6.45, 7) is 0.750. The summed E-state index contributed by atoms with van der Waals surface area (Å²) in [7, 11) is 0. The van der Waals surface area contributed by atoms with E-state index in [0.29, 0.717) is 18.6 Å². The van der Waals surface area contributed by atoms with Crippen molar-refractivity contribution in [1.29, 1.82) is 0 Å². The van der Waals surface area contributed by atoms with Crippen LogP contribution in [-0.4, -0.2) is 48.1 Å². The number of rotatable bonds is 7. The Labute approximate surface area is 194 Å². The van der Waals surface area contributed by atoms with Gasteiger partial charge in [0.25, 0.3) is 0 Å². The van der Waals surface area contributed by atoms with E-state index < -0.39 is 6.61 Å². The van der Waals surface area contributed by atoms with Crippen LogP contribution < -0.4 is 4.74 Å². The predicted molar refractivity (Wildman–Crippen MR) is 127 cm³/mol. The van der Waals surface area contributed by atoms with Gasteiger partial charge in [0.05, 0.1) is 0 Å². The molecule has 2 saturated heterocycles. The summed E-state index contributed by atoms with van der Waals surface area (Å²) >= 11 is 0. The lowest BCUT2D eigenvalue weighted by Gasteiger charge is -2.47. The van der Waals surface area contributed by atoms with Gasteiger partial charge < -0.3 is 4.74 Å². The molecule has 0 bridgehead atoms. The van der Waals surface area contributed by atoms with E-state index in [1.54, 1.807) is 12.1 Å². The zero-order chi connectivity index (χ0) is 22.6. The average Bonchev–Trinajstić information content (AvgIpc) is 3.31. The number of fused-ring (bicyclic) bond motifs is 1. The quantitative estimate of drug-likeness (QED) is 0.456. The number of hydrogen-bond acceptors (Lipinski definition) is 3. The van der Waals surface area contributed by atoms with Gasteiger partial charge in [0.2, 0.25) is 0 Å². The van der Waals surface area contributed by atoms with Gasteiger partial charge in [-0.2, -0.15) is 8.78 Å².